The molecular formula is C10H15NaO10. The first kappa shape index (κ1) is 22.7. The third-order valence-electron chi connectivity index (χ3n) is 2.24. The van der Waals surface area contributed by atoms with Crippen molar-refractivity contribution in [1.82, 2.24) is 0 Å². The fraction of sp³-hybridized carbons (Fsp3) is 0.700. The second-order valence-corrected chi connectivity index (χ2v) is 3.84. The molecule has 0 spiro atoms. The van der Waals surface area contributed by atoms with Crippen molar-refractivity contribution in [2.75, 3.05) is 6.61 Å². The molecule has 116 valence electrons. The minimum Gasteiger partial charge on any atom is -0.550 e. The Balaban J connectivity index is 0. The van der Waals surface area contributed by atoms with Gasteiger partial charge in [0.2, 0.25) is 0 Å². The number of hydrogen-bond donors (Lipinski definition) is 5. The van der Waals surface area contributed by atoms with Crippen LogP contribution in [0.2, 0.25) is 0 Å². The van der Waals surface area contributed by atoms with E-state index >= 15 is 0 Å². The summed E-state index contributed by atoms with van der Waals surface area (Å²) in [4.78, 5) is 32.2. The first-order valence-electron chi connectivity index (χ1n) is 5.48. The predicted molar refractivity (Wildman–Crippen MR) is 56.5 cm³/mol. The number of carboxylic acids is 1. The number of aliphatic hydroxyl groups is 5. The Morgan fingerprint density at radius 2 is 1.52 bits per heavy atom. The Bertz CT molecular complexity index is 360. The summed E-state index contributed by atoms with van der Waals surface area (Å²) in [6.07, 6.45) is -9.83. The molecule has 0 fully saturated rings. The molecule has 0 bridgehead atoms. The van der Waals surface area contributed by atoms with Crippen LogP contribution in [0.5, 0.6) is 0 Å². The zero-order valence-corrected chi connectivity index (χ0v) is 13.2. The molecular weight excluding hydrogens is 303 g/mol. The Hall–Kier alpha value is -0.590. The van der Waals surface area contributed by atoms with Gasteiger partial charge in [0.05, 0.1) is 13.0 Å². The average Bonchev–Trinajstić information content (AvgIpc) is 2.41. The van der Waals surface area contributed by atoms with Crippen molar-refractivity contribution in [2.45, 2.75) is 37.3 Å². The zero-order valence-electron chi connectivity index (χ0n) is 11.2. The van der Waals surface area contributed by atoms with Crippen LogP contribution in [0.15, 0.2) is 0 Å². The summed E-state index contributed by atoms with van der Waals surface area (Å²) in [7, 11) is 0. The van der Waals surface area contributed by atoms with Crippen LogP contribution in [0, 0.1) is 0 Å². The predicted octanol–water partition coefficient (Wildman–Crippen LogP) is -7.97. The molecule has 0 aliphatic carbocycles. The van der Waals surface area contributed by atoms with E-state index in [-0.39, 0.29) is 29.6 Å². The topological polar surface area (TPSA) is 185 Å². The van der Waals surface area contributed by atoms with Gasteiger partial charge in [-0.3, -0.25) is 4.79 Å². The molecule has 21 heavy (non-hydrogen) atoms. The van der Waals surface area contributed by atoms with Crippen molar-refractivity contribution in [2.24, 2.45) is 0 Å². The van der Waals surface area contributed by atoms with Gasteiger partial charge in [-0.15, -0.1) is 0 Å². The Morgan fingerprint density at radius 1 is 1.00 bits per heavy atom. The van der Waals surface area contributed by atoms with E-state index in [1.54, 1.807) is 0 Å². The number of esters is 2. The summed E-state index contributed by atoms with van der Waals surface area (Å²) in [5.74, 6) is -4.45. The molecule has 0 saturated heterocycles. The smallest absolute Gasteiger partial charge is 0.550 e. The molecule has 5 N–H and O–H groups in total. The molecule has 0 aliphatic heterocycles. The third-order valence-corrected chi connectivity index (χ3v) is 2.24. The maximum atomic E-state index is 11.2. The first-order valence-corrected chi connectivity index (χ1v) is 5.48. The van der Waals surface area contributed by atoms with Crippen LogP contribution in [0.4, 0.5) is 0 Å². The molecule has 0 heterocycles. The van der Waals surface area contributed by atoms with Crippen LogP contribution in [-0.4, -0.2) is 74.5 Å². The normalized spacial score (nSPS) is 16.0. The van der Waals surface area contributed by atoms with Crippen molar-refractivity contribution in [3.05, 3.63) is 0 Å². The minimum atomic E-state index is -2.36. The molecule has 11 heteroatoms. The van der Waals surface area contributed by atoms with E-state index in [0.29, 0.717) is 0 Å². The number of carbonyl (C=O) groups excluding carboxylic acids is 3. The van der Waals surface area contributed by atoms with E-state index in [9.17, 15) is 34.8 Å². The summed E-state index contributed by atoms with van der Waals surface area (Å²) in [5.41, 5.74) is 0. The summed E-state index contributed by atoms with van der Waals surface area (Å²) >= 11 is 0. The molecule has 10 nitrogen and oxygen atoms in total. The van der Waals surface area contributed by atoms with Gasteiger partial charge in [-0.1, -0.05) is 0 Å². The summed E-state index contributed by atoms with van der Waals surface area (Å²) in [6.45, 7) is -0.940. The number of aliphatic carboxylic acids is 1. The minimum absolute atomic E-state index is 0. The number of aliphatic hydroxyl groups excluding tert-OH is 5. The van der Waals surface area contributed by atoms with Crippen molar-refractivity contribution < 1.29 is 79.3 Å². The molecule has 0 rings (SSSR count). The van der Waals surface area contributed by atoms with Gasteiger partial charge in [0, 0.05) is 5.97 Å². The van der Waals surface area contributed by atoms with E-state index in [1.807, 2.05) is 0 Å². The molecule has 0 amide bonds. The standard InChI is InChI=1S/C10H16O10.Na/c11-3-4(12)7(16)8(17)9(18)10(19)20-6(15)2-1-5(13)14;/h4,7-9,11-12,16-18H,1-3H2,(H,13,14);/q;+1/p-1/t4-,7-,8+,9-;/m1./s1. The van der Waals surface area contributed by atoms with Gasteiger partial charge in [0.15, 0.2) is 6.10 Å². The van der Waals surface area contributed by atoms with Crippen LogP contribution in [0.1, 0.15) is 12.8 Å². The van der Waals surface area contributed by atoms with Crippen molar-refractivity contribution in [3.8, 4) is 0 Å². The second-order valence-electron chi connectivity index (χ2n) is 3.84. The molecule has 0 saturated carbocycles. The Morgan fingerprint density at radius 3 is 1.95 bits per heavy atom. The number of carboxylic acid groups (broad SMARTS) is 1. The van der Waals surface area contributed by atoms with Crippen LogP contribution in [0.25, 0.3) is 0 Å². The largest absolute Gasteiger partial charge is 1.00 e. The average molecular weight is 318 g/mol. The molecule has 0 radical (unpaired) electrons. The Labute approximate surface area is 141 Å². The van der Waals surface area contributed by atoms with E-state index < -0.39 is 61.8 Å². The maximum absolute atomic E-state index is 11.2. The van der Waals surface area contributed by atoms with Crippen LogP contribution in [-0.2, 0) is 19.1 Å². The fourth-order valence-electron chi connectivity index (χ4n) is 1.09. The van der Waals surface area contributed by atoms with Crippen LogP contribution >= 0.6 is 0 Å². The SMILES string of the molecule is O=C([O-])CCC(=O)OC(=O)[C@H](O)[C@@H](O)[C@H](O)[C@H](O)CO.[Na+]. The van der Waals surface area contributed by atoms with Crippen molar-refractivity contribution in [1.29, 1.82) is 0 Å². The quantitative estimate of drug-likeness (QED) is 0.163. The van der Waals surface area contributed by atoms with Gasteiger partial charge < -0.3 is 40.2 Å². The number of rotatable bonds is 8. The van der Waals surface area contributed by atoms with Gasteiger partial charge in [0.25, 0.3) is 0 Å². The molecule has 0 aromatic rings. The first-order chi connectivity index (χ1) is 9.20. The summed E-state index contributed by atoms with van der Waals surface area (Å²) in [5, 5.41) is 55.3. The fourth-order valence-corrected chi connectivity index (χ4v) is 1.09. The molecule has 0 aromatic carbocycles. The monoisotopic (exact) mass is 318 g/mol. The molecule has 0 aliphatic rings. The number of hydrogen-bond acceptors (Lipinski definition) is 10. The van der Waals surface area contributed by atoms with Gasteiger partial charge in [-0.25, -0.2) is 4.79 Å². The van der Waals surface area contributed by atoms with Crippen molar-refractivity contribution >= 4 is 17.9 Å². The summed E-state index contributed by atoms with van der Waals surface area (Å²) < 4.78 is 4.01. The molecule has 0 aromatic heterocycles. The van der Waals surface area contributed by atoms with Crippen LogP contribution < -0.4 is 34.7 Å². The Kier molecular flexibility index (Phi) is 11.9. The molecule has 4 atom stereocenters. The van der Waals surface area contributed by atoms with E-state index in [4.69, 9.17) is 10.2 Å². The van der Waals surface area contributed by atoms with Gasteiger partial charge in [-0.05, 0) is 6.42 Å². The van der Waals surface area contributed by atoms with Crippen LogP contribution in [0.3, 0.4) is 0 Å². The van der Waals surface area contributed by atoms with Crippen molar-refractivity contribution in [3.63, 3.8) is 0 Å². The molecule has 0 unspecified atom stereocenters. The van der Waals surface area contributed by atoms with E-state index in [1.165, 1.54) is 0 Å². The van der Waals surface area contributed by atoms with Gasteiger partial charge >= 0.3 is 41.5 Å². The van der Waals surface area contributed by atoms with E-state index in [2.05, 4.69) is 4.74 Å². The number of carbonyl (C=O) groups is 3. The zero-order chi connectivity index (χ0) is 15.9. The second kappa shape index (κ2) is 11.0. The van der Waals surface area contributed by atoms with Gasteiger partial charge in [-0.2, -0.15) is 0 Å². The van der Waals surface area contributed by atoms with Gasteiger partial charge in [0.1, 0.15) is 18.3 Å². The maximum Gasteiger partial charge on any atom is 1.00 e. The number of ether oxygens (including phenoxy) is 1. The van der Waals surface area contributed by atoms with E-state index in [0.717, 1.165) is 0 Å². The third kappa shape index (κ3) is 8.44. The summed E-state index contributed by atoms with van der Waals surface area (Å²) in [6, 6.07) is 0.